The number of aryl methyl sites for hydroxylation is 2. The maximum atomic E-state index is 12.0. The molecule has 2 rings (SSSR count). The molecule has 2 heterocycles. The molecule has 0 fully saturated rings. The normalized spacial score (nSPS) is 10.4. The van der Waals surface area contributed by atoms with Crippen LogP contribution in [0.5, 0.6) is 0 Å². The number of hydrogen-bond donors (Lipinski definition) is 1. The van der Waals surface area contributed by atoms with Crippen LogP contribution in [0.25, 0.3) is 0 Å². The number of amides is 1. The summed E-state index contributed by atoms with van der Waals surface area (Å²) < 4.78 is 0.639. The van der Waals surface area contributed by atoms with Crippen LogP contribution in [-0.2, 0) is 6.42 Å². The molecule has 0 radical (unpaired) electrons. The Bertz CT molecular complexity index is 582. The van der Waals surface area contributed by atoms with E-state index in [1.54, 1.807) is 18.3 Å². The molecule has 6 heteroatoms. The third-order valence-corrected chi connectivity index (χ3v) is 3.80. The number of nitrogens with zero attached hydrogens (tertiary/aromatic N) is 2. The smallest absolute Gasteiger partial charge is 0.257 e. The largest absolute Gasteiger partial charge is 0.298 e. The van der Waals surface area contributed by atoms with E-state index >= 15 is 0 Å². The molecule has 4 nitrogen and oxygen atoms in total. The number of nitrogens with one attached hydrogen (secondary N) is 1. The van der Waals surface area contributed by atoms with Crippen LogP contribution < -0.4 is 5.32 Å². The Kier molecular flexibility index (Phi) is 4.08. The maximum Gasteiger partial charge on any atom is 0.257 e. The van der Waals surface area contributed by atoms with Gasteiger partial charge in [-0.1, -0.05) is 6.92 Å². The molecule has 0 bridgehead atoms. The second kappa shape index (κ2) is 5.58. The van der Waals surface area contributed by atoms with Crippen LogP contribution in [0, 0.1) is 6.92 Å². The highest BCUT2D eigenvalue weighted by atomic mass is 79.9. The van der Waals surface area contributed by atoms with Crippen LogP contribution in [0.2, 0.25) is 0 Å². The van der Waals surface area contributed by atoms with E-state index < -0.39 is 0 Å². The number of aromatic nitrogens is 2. The second-order valence-corrected chi connectivity index (χ2v) is 5.71. The van der Waals surface area contributed by atoms with E-state index in [0.717, 1.165) is 17.0 Å². The SMILES string of the molecule is CCc1nc(NC(=O)c2ccnc(Br)c2)sc1C. The molecule has 0 atom stereocenters. The van der Waals surface area contributed by atoms with Crippen LogP contribution in [0.1, 0.15) is 27.9 Å². The summed E-state index contributed by atoms with van der Waals surface area (Å²) in [5.74, 6) is -0.172. The van der Waals surface area contributed by atoms with Crippen molar-refractivity contribution >= 4 is 38.3 Å². The molecule has 0 aromatic carbocycles. The van der Waals surface area contributed by atoms with Crippen molar-refractivity contribution in [3.05, 3.63) is 39.1 Å². The van der Waals surface area contributed by atoms with Crippen molar-refractivity contribution in [2.45, 2.75) is 20.3 Å². The zero-order chi connectivity index (χ0) is 13.1. The minimum absolute atomic E-state index is 0.172. The van der Waals surface area contributed by atoms with Gasteiger partial charge in [-0.05, 0) is 41.4 Å². The number of halogens is 1. The van der Waals surface area contributed by atoms with Crippen molar-refractivity contribution in [2.24, 2.45) is 0 Å². The number of anilines is 1. The van der Waals surface area contributed by atoms with Gasteiger partial charge < -0.3 is 0 Å². The van der Waals surface area contributed by atoms with Crippen LogP contribution in [0.3, 0.4) is 0 Å². The molecule has 2 aromatic rings. The Morgan fingerprint density at radius 3 is 2.94 bits per heavy atom. The first kappa shape index (κ1) is 13.2. The standard InChI is InChI=1S/C12H12BrN3OS/c1-3-9-7(2)18-12(15-9)16-11(17)8-4-5-14-10(13)6-8/h4-6H,3H2,1-2H3,(H,15,16,17). The Morgan fingerprint density at radius 2 is 2.33 bits per heavy atom. The van der Waals surface area contributed by atoms with Gasteiger partial charge in [0.05, 0.1) is 5.69 Å². The lowest BCUT2D eigenvalue weighted by molar-refractivity contribution is 0.102. The Morgan fingerprint density at radius 1 is 1.56 bits per heavy atom. The summed E-state index contributed by atoms with van der Waals surface area (Å²) in [6.07, 6.45) is 2.46. The zero-order valence-electron chi connectivity index (χ0n) is 10.0. The van der Waals surface area contributed by atoms with Crippen LogP contribution in [0.4, 0.5) is 5.13 Å². The highest BCUT2D eigenvalue weighted by Crippen LogP contribution is 2.23. The number of rotatable bonds is 3. The van der Waals surface area contributed by atoms with Crippen molar-refractivity contribution in [3.63, 3.8) is 0 Å². The van der Waals surface area contributed by atoms with Crippen molar-refractivity contribution < 1.29 is 4.79 Å². The molecule has 0 saturated heterocycles. The molecule has 2 aromatic heterocycles. The lowest BCUT2D eigenvalue weighted by Gasteiger charge is -2.01. The van der Waals surface area contributed by atoms with Gasteiger partial charge >= 0.3 is 0 Å². The first-order chi connectivity index (χ1) is 8.60. The zero-order valence-corrected chi connectivity index (χ0v) is 12.4. The van der Waals surface area contributed by atoms with Crippen molar-refractivity contribution in [1.82, 2.24) is 9.97 Å². The van der Waals surface area contributed by atoms with E-state index in [-0.39, 0.29) is 5.91 Å². The quantitative estimate of drug-likeness (QED) is 0.879. The van der Waals surface area contributed by atoms with Gasteiger partial charge in [-0.2, -0.15) is 0 Å². The predicted octanol–water partition coefficient (Wildman–Crippen LogP) is 3.42. The molecular weight excluding hydrogens is 314 g/mol. The molecule has 0 spiro atoms. The molecular formula is C12H12BrN3OS. The molecule has 0 aliphatic heterocycles. The van der Waals surface area contributed by atoms with Gasteiger partial charge in [0.15, 0.2) is 5.13 Å². The summed E-state index contributed by atoms with van der Waals surface area (Å²) in [6.45, 7) is 4.06. The van der Waals surface area contributed by atoms with E-state index in [9.17, 15) is 4.79 Å². The summed E-state index contributed by atoms with van der Waals surface area (Å²) in [7, 11) is 0. The summed E-state index contributed by atoms with van der Waals surface area (Å²) in [4.78, 5) is 21.5. The van der Waals surface area contributed by atoms with E-state index in [0.29, 0.717) is 15.3 Å². The third kappa shape index (κ3) is 2.94. The fourth-order valence-electron chi connectivity index (χ4n) is 1.52. The molecule has 0 aliphatic carbocycles. The summed E-state index contributed by atoms with van der Waals surface area (Å²) in [5.41, 5.74) is 1.59. The van der Waals surface area contributed by atoms with E-state index in [2.05, 4.69) is 31.2 Å². The molecule has 0 saturated carbocycles. The topological polar surface area (TPSA) is 54.9 Å². The highest BCUT2D eigenvalue weighted by Gasteiger charge is 2.11. The van der Waals surface area contributed by atoms with Crippen LogP contribution in [0.15, 0.2) is 22.9 Å². The van der Waals surface area contributed by atoms with Crippen LogP contribution >= 0.6 is 27.3 Å². The van der Waals surface area contributed by atoms with Crippen molar-refractivity contribution in [2.75, 3.05) is 5.32 Å². The Hall–Kier alpha value is -1.27. The summed E-state index contributed by atoms with van der Waals surface area (Å²) in [5, 5.41) is 3.44. The van der Waals surface area contributed by atoms with Crippen molar-refractivity contribution in [3.8, 4) is 0 Å². The van der Waals surface area contributed by atoms with Gasteiger partial charge in [0.1, 0.15) is 4.60 Å². The van der Waals surface area contributed by atoms with E-state index in [1.165, 1.54) is 11.3 Å². The van der Waals surface area contributed by atoms with Gasteiger partial charge in [-0.25, -0.2) is 9.97 Å². The monoisotopic (exact) mass is 325 g/mol. The number of pyridine rings is 1. The number of thiazole rings is 1. The maximum absolute atomic E-state index is 12.0. The fourth-order valence-corrected chi connectivity index (χ4v) is 2.78. The number of hydrogen-bond acceptors (Lipinski definition) is 4. The van der Waals surface area contributed by atoms with Crippen molar-refractivity contribution in [1.29, 1.82) is 0 Å². The minimum Gasteiger partial charge on any atom is -0.298 e. The molecule has 0 aliphatic rings. The minimum atomic E-state index is -0.172. The molecule has 0 unspecified atom stereocenters. The van der Waals surface area contributed by atoms with E-state index in [1.807, 2.05) is 13.8 Å². The summed E-state index contributed by atoms with van der Waals surface area (Å²) in [6, 6.07) is 3.35. The number of carbonyl (C=O) groups is 1. The first-order valence-electron chi connectivity index (χ1n) is 5.49. The lowest BCUT2D eigenvalue weighted by atomic mass is 10.2. The van der Waals surface area contributed by atoms with Gasteiger partial charge in [0.2, 0.25) is 0 Å². The van der Waals surface area contributed by atoms with E-state index in [4.69, 9.17) is 0 Å². The average Bonchev–Trinajstić information content (AvgIpc) is 2.69. The van der Waals surface area contributed by atoms with Gasteiger partial charge in [0, 0.05) is 16.6 Å². The predicted molar refractivity (Wildman–Crippen MR) is 76.1 cm³/mol. The molecule has 1 amide bonds. The fraction of sp³-hybridized carbons (Fsp3) is 0.250. The second-order valence-electron chi connectivity index (χ2n) is 3.70. The average molecular weight is 326 g/mol. The Balaban J connectivity index is 2.16. The Labute approximate surface area is 118 Å². The summed E-state index contributed by atoms with van der Waals surface area (Å²) >= 11 is 4.73. The highest BCUT2D eigenvalue weighted by molar-refractivity contribution is 9.10. The van der Waals surface area contributed by atoms with Crippen LogP contribution in [-0.4, -0.2) is 15.9 Å². The first-order valence-corrected chi connectivity index (χ1v) is 7.10. The molecule has 1 N–H and O–H groups in total. The van der Waals surface area contributed by atoms with Gasteiger partial charge in [-0.3, -0.25) is 10.1 Å². The van der Waals surface area contributed by atoms with Gasteiger partial charge in [0.25, 0.3) is 5.91 Å². The molecule has 94 valence electrons. The molecule has 18 heavy (non-hydrogen) atoms. The third-order valence-electron chi connectivity index (χ3n) is 2.44. The number of carbonyl (C=O) groups excluding carboxylic acids is 1. The lowest BCUT2D eigenvalue weighted by Crippen LogP contribution is -2.11. The van der Waals surface area contributed by atoms with Gasteiger partial charge in [-0.15, -0.1) is 11.3 Å².